The third-order valence-electron chi connectivity index (χ3n) is 2.57. The van der Waals surface area contributed by atoms with E-state index in [4.69, 9.17) is 6.57 Å². The van der Waals surface area contributed by atoms with Crippen molar-refractivity contribution in [1.82, 2.24) is 0 Å². The van der Waals surface area contributed by atoms with Crippen molar-refractivity contribution in [3.05, 3.63) is 11.4 Å². The fraction of sp³-hybridized carbons (Fsp3) is 0.833. The van der Waals surface area contributed by atoms with Gasteiger partial charge >= 0.3 is 0 Å². The maximum absolute atomic E-state index is 6.72. The molecule has 0 aromatic carbocycles. The highest BCUT2D eigenvalue weighted by molar-refractivity contribution is 7.78. The lowest BCUT2D eigenvalue weighted by molar-refractivity contribution is 0.410. The average Bonchev–Trinajstić information content (AvgIpc) is 2.14. The molecule has 15 heavy (non-hydrogen) atoms. The van der Waals surface area contributed by atoms with Crippen LogP contribution in [0.1, 0.15) is 46.5 Å². The van der Waals surface area contributed by atoms with Gasteiger partial charge in [-0.2, -0.15) is 0 Å². The smallest absolute Gasteiger partial charge is 0.214 e. The molecule has 84 valence electrons. The summed E-state index contributed by atoms with van der Waals surface area (Å²) in [5.74, 6) is 0.645. The molecule has 1 unspecified atom stereocenters. The molecule has 0 saturated heterocycles. The molecule has 0 rings (SSSR count). The molecule has 0 N–H and O–H groups in total. The largest absolute Gasteiger partial charge is 0.317 e. The van der Waals surface area contributed by atoms with Gasteiger partial charge in [0.05, 0.1) is 10.7 Å². The van der Waals surface area contributed by atoms with Gasteiger partial charge in [0, 0.05) is 6.42 Å². The van der Waals surface area contributed by atoms with Crippen LogP contribution in [0.2, 0.25) is 0 Å². The van der Waals surface area contributed by atoms with Gasteiger partial charge in [-0.05, 0) is 38.4 Å². The van der Waals surface area contributed by atoms with Crippen LogP contribution >= 0.6 is 12.2 Å². The summed E-state index contributed by atoms with van der Waals surface area (Å²) in [5.41, 5.74) is -0.0682. The molecule has 0 spiro atoms. The van der Waals surface area contributed by atoms with Crippen molar-refractivity contribution in [2.24, 2.45) is 10.9 Å². The summed E-state index contributed by atoms with van der Waals surface area (Å²) in [6.07, 6.45) is 4.37. The van der Waals surface area contributed by atoms with Crippen LogP contribution in [0, 0.1) is 12.5 Å². The summed E-state index contributed by atoms with van der Waals surface area (Å²) in [7, 11) is 0. The third-order valence-corrected chi connectivity index (χ3v) is 2.66. The molecule has 1 atom stereocenters. The van der Waals surface area contributed by atoms with Gasteiger partial charge in [0.15, 0.2) is 0 Å². The van der Waals surface area contributed by atoms with E-state index in [0.717, 1.165) is 19.3 Å². The van der Waals surface area contributed by atoms with Crippen LogP contribution in [0.15, 0.2) is 4.99 Å². The Bertz CT molecular complexity index is 259. The monoisotopic (exact) mass is 224 g/mol. The first kappa shape index (κ1) is 14.3. The molecule has 0 heterocycles. The molecule has 2 nitrogen and oxygen atoms in total. The van der Waals surface area contributed by atoms with Gasteiger partial charge in [-0.3, -0.25) is 0 Å². The Labute approximate surface area is 98.6 Å². The molecule has 0 saturated carbocycles. The number of hydrogen-bond acceptors (Lipinski definition) is 2. The summed E-state index contributed by atoms with van der Waals surface area (Å²) in [5, 5.41) is 2.45. The molecule has 0 aliphatic heterocycles. The van der Waals surface area contributed by atoms with Gasteiger partial charge in [0.25, 0.3) is 0 Å². The van der Waals surface area contributed by atoms with Crippen molar-refractivity contribution in [2.75, 3.05) is 6.54 Å². The molecule has 0 fully saturated rings. The summed E-state index contributed by atoms with van der Waals surface area (Å²) in [6, 6.07) is 0. The number of aliphatic imine (C=N–C) groups is 1. The molecular weight excluding hydrogens is 204 g/mol. The minimum atomic E-state index is -0.0682. The maximum Gasteiger partial charge on any atom is 0.214 e. The zero-order chi connectivity index (χ0) is 11.7. The second-order valence-electron chi connectivity index (χ2n) is 4.68. The third kappa shape index (κ3) is 8.30. The van der Waals surface area contributed by atoms with Crippen LogP contribution < -0.4 is 0 Å². The summed E-state index contributed by atoms with van der Waals surface area (Å²) < 4.78 is 0. The number of thiocarbonyl (C=S) groups is 1. The highest BCUT2D eigenvalue weighted by Crippen LogP contribution is 2.20. The van der Waals surface area contributed by atoms with E-state index in [1.807, 2.05) is 0 Å². The van der Waals surface area contributed by atoms with E-state index in [9.17, 15) is 0 Å². The van der Waals surface area contributed by atoms with E-state index < -0.39 is 0 Å². The van der Waals surface area contributed by atoms with Crippen LogP contribution in [0.5, 0.6) is 0 Å². The van der Waals surface area contributed by atoms with Gasteiger partial charge < -0.3 is 4.85 Å². The predicted molar refractivity (Wildman–Crippen MR) is 68.2 cm³/mol. The Morgan fingerprint density at radius 1 is 1.47 bits per heavy atom. The summed E-state index contributed by atoms with van der Waals surface area (Å²) in [6.45, 7) is 13.7. The first-order valence-corrected chi connectivity index (χ1v) is 5.85. The van der Waals surface area contributed by atoms with E-state index >= 15 is 0 Å². The SMILES string of the molecule is [C-]#[N+]CCC(C)CCCC(C)(C)N=C=S. The van der Waals surface area contributed by atoms with E-state index in [1.165, 1.54) is 6.42 Å². The summed E-state index contributed by atoms with van der Waals surface area (Å²) in [4.78, 5) is 7.50. The highest BCUT2D eigenvalue weighted by atomic mass is 32.1. The van der Waals surface area contributed by atoms with Crippen LogP contribution in [-0.2, 0) is 0 Å². The second-order valence-corrected chi connectivity index (χ2v) is 4.87. The molecule has 3 heteroatoms. The number of hydrogen-bond donors (Lipinski definition) is 0. The van der Waals surface area contributed by atoms with Crippen LogP contribution in [0.25, 0.3) is 4.85 Å². The fourth-order valence-electron chi connectivity index (χ4n) is 1.49. The quantitative estimate of drug-likeness (QED) is 0.363. The first-order valence-electron chi connectivity index (χ1n) is 5.44. The van der Waals surface area contributed by atoms with Crippen molar-refractivity contribution in [2.45, 2.75) is 52.0 Å². The van der Waals surface area contributed by atoms with Crippen molar-refractivity contribution in [1.29, 1.82) is 0 Å². The Balaban J connectivity index is 3.70. The number of isothiocyanates is 1. The van der Waals surface area contributed by atoms with Crippen LogP contribution in [-0.4, -0.2) is 17.2 Å². The van der Waals surface area contributed by atoms with E-state index in [0.29, 0.717) is 12.5 Å². The molecule has 0 radical (unpaired) electrons. The predicted octanol–water partition coefficient (Wildman–Crippen LogP) is 3.98. The Kier molecular flexibility index (Phi) is 7.21. The van der Waals surface area contributed by atoms with Crippen LogP contribution in [0.4, 0.5) is 0 Å². The van der Waals surface area contributed by atoms with Crippen LogP contribution in [0.3, 0.4) is 0 Å². The second kappa shape index (κ2) is 7.56. The highest BCUT2D eigenvalue weighted by Gasteiger charge is 2.15. The van der Waals surface area contributed by atoms with Crippen molar-refractivity contribution in [3.8, 4) is 0 Å². The molecule has 0 aliphatic rings. The maximum atomic E-state index is 6.72. The van der Waals surface area contributed by atoms with Crippen molar-refractivity contribution >= 4 is 17.4 Å². The first-order chi connectivity index (χ1) is 7.02. The lowest BCUT2D eigenvalue weighted by Gasteiger charge is -2.18. The Hall–Kier alpha value is -0.710. The molecule has 0 aromatic heterocycles. The van der Waals surface area contributed by atoms with Gasteiger partial charge in [0.2, 0.25) is 6.54 Å². The lowest BCUT2D eigenvalue weighted by Crippen LogP contribution is -2.16. The number of rotatable bonds is 7. The van der Waals surface area contributed by atoms with Gasteiger partial charge in [0.1, 0.15) is 0 Å². The van der Waals surface area contributed by atoms with E-state index in [2.05, 4.69) is 48.0 Å². The minimum absolute atomic E-state index is 0.0682. The molecule has 0 bridgehead atoms. The number of nitrogens with zero attached hydrogens (tertiary/aromatic N) is 2. The van der Waals surface area contributed by atoms with Gasteiger partial charge in [-0.15, -0.1) is 0 Å². The standard InChI is InChI=1S/C12H20N2S/c1-11(7-9-13-4)6-5-8-12(2,3)14-10-15/h11H,5-9H2,1-3H3. The Morgan fingerprint density at radius 3 is 2.67 bits per heavy atom. The average molecular weight is 224 g/mol. The zero-order valence-corrected chi connectivity index (χ0v) is 10.7. The van der Waals surface area contributed by atoms with Gasteiger partial charge in [-0.25, -0.2) is 11.6 Å². The minimum Gasteiger partial charge on any atom is -0.317 e. The molecule has 0 aliphatic carbocycles. The molecule has 0 amide bonds. The van der Waals surface area contributed by atoms with Crippen molar-refractivity contribution < 1.29 is 0 Å². The topological polar surface area (TPSA) is 16.7 Å². The molecule has 0 aromatic rings. The van der Waals surface area contributed by atoms with Gasteiger partial charge in [-0.1, -0.05) is 19.8 Å². The molecular formula is C12H20N2S. The summed E-state index contributed by atoms with van der Waals surface area (Å²) >= 11 is 4.61. The van der Waals surface area contributed by atoms with E-state index in [1.54, 1.807) is 0 Å². The normalized spacial score (nSPS) is 12.7. The van der Waals surface area contributed by atoms with Crippen molar-refractivity contribution in [3.63, 3.8) is 0 Å². The van der Waals surface area contributed by atoms with E-state index in [-0.39, 0.29) is 5.54 Å². The lowest BCUT2D eigenvalue weighted by atomic mass is 9.93. The Morgan fingerprint density at radius 2 is 2.13 bits per heavy atom. The zero-order valence-electron chi connectivity index (χ0n) is 9.92. The fourth-order valence-corrected chi connectivity index (χ4v) is 1.74.